The third-order valence-electron chi connectivity index (χ3n) is 12.0. The summed E-state index contributed by atoms with van der Waals surface area (Å²) in [5, 5.41) is 33.6. The molecule has 12 rings (SSSR count). The van der Waals surface area contributed by atoms with E-state index in [-0.39, 0.29) is 5.34 Å². The molecule has 68 heavy (non-hydrogen) atoms. The Kier molecular flexibility index (Phi) is 16.6. The number of halogens is 4. The first kappa shape index (κ1) is 49.6. The lowest BCUT2D eigenvalue weighted by atomic mass is 9.94. The Hall–Kier alpha value is -4.81. The summed E-state index contributed by atoms with van der Waals surface area (Å²) < 4.78 is 26.1. The molecule has 0 saturated heterocycles. The van der Waals surface area contributed by atoms with Gasteiger partial charge in [0.15, 0.2) is 7.14 Å². The van der Waals surface area contributed by atoms with Crippen molar-refractivity contribution < 1.29 is 19.6 Å². The van der Waals surface area contributed by atoms with Crippen LogP contribution in [0.2, 0.25) is 0 Å². The van der Waals surface area contributed by atoms with E-state index in [1.807, 2.05) is 88.8 Å². The van der Waals surface area contributed by atoms with Crippen molar-refractivity contribution in [1.29, 1.82) is 0 Å². The third kappa shape index (κ3) is 9.96. The van der Waals surface area contributed by atoms with Crippen LogP contribution >= 0.6 is 82.4 Å². The Morgan fingerprint density at radius 3 is 1.13 bits per heavy atom. The summed E-state index contributed by atoms with van der Waals surface area (Å²) >= 11 is 15.1. The van der Waals surface area contributed by atoms with Gasteiger partial charge in [0.1, 0.15) is 8.93 Å². The summed E-state index contributed by atoms with van der Waals surface area (Å²) in [7, 11) is -0.999. The Morgan fingerprint density at radius 2 is 0.706 bits per heavy atom. The average molecular weight is 1160 g/mol. The average Bonchev–Trinajstić information content (AvgIpc) is 3.39. The van der Waals surface area contributed by atoms with E-state index in [1.165, 1.54) is 70.0 Å². The Bertz CT molecular complexity index is 3780. The molecule has 0 radical (unpaired) electrons. The van der Waals surface area contributed by atoms with Crippen molar-refractivity contribution in [2.75, 3.05) is 5.34 Å². The van der Waals surface area contributed by atoms with Crippen molar-refractivity contribution in [2.45, 2.75) is 0 Å². The van der Waals surface area contributed by atoms with Crippen LogP contribution in [0.25, 0.3) is 86.2 Å². The summed E-state index contributed by atoms with van der Waals surface area (Å²) in [5.74, 6) is 0. The SMILES string of the molecule is Brc1cc2c(ccc3c4ccccc4ccc32)c2ccccc12.ClCCl.O=P(c1ccccc1)(c1ccccc1)c1cc2c(ccc3c4ccccc4ccc32)c2ccccc12.O=[P+](P)I.OO. The first-order valence-corrected chi connectivity index (χ1v) is 30.5. The van der Waals surface area contributed by atoms with Gasteiger partial charge in [0.25, 0.3) is 22.0 Å². The molecule has 0 aliphatic carbocycles. The molecule has 0 saturated carbocycles. The standard InChI is InChI=1S/C34H23OP.C22H13Br.CH2Cl2.H2IOP2.H2O2/c35-36(25-12-3-1-4-13-25,26-14-5-2-6-15-26)34-23-33-30-20-19-24-11-7-8-16-27(24)29(30)21-22-31(33)28-17-9-10-18-32(28)34;23-22-13-21-18-10-9-14-5-1-2-6-15(14)17(18)11-12-19(21)16-7-3-4-8-20(16)22;2-1-3;1-4(2)3;1-2/h1-23H;1-13H;1H2;3H2;1-2H/q;;;+1;. The highest BCUT2D eigenvalue weighted by Gasteiger charge is 2.32. The lowest BCUT2D eigenvalue weighted by Gasteiger charge is -2.23. The van der Waals surface area contributed by atoms with Crippen LogP contribution in [0.1, 0.15) is 0 Å². The minimum Gasteiger partial charge on any atom is -0.309 e. The largest absolute Gasteiger partial charge is 0.414 e. The number of hydrogen-bond donors (Lipinski definition) is 2. The van der Waals surface area contributed by atoms with Crippen LogP contribution in [-0.2, 0) is 9.13 Å². The van der Waals surface area contributed by atoms with Gasteiger partial charge in [-0.25, -0.2) is 0 Å². The molecule has 0 bridgehead atoms. The van der Waals surface area contributed by atoms with Gasteiger partial charge >= 0.3 is 5.13 Å². The molecule has 12 aromatic carbocycles. The molecule has 0 aliphatic heterocycles. The van der Waals surface area contributed by atoms with Gasteiger partial charge in [0.2, 0.25) is 0 Å². The minimum atomic E-state index is -3.15. The predicted octanol–water partition coefficient (Wildman–Crippen LogP) is 18.4. The topological polar surface area (TPSA) is 74.6 Å². The van der Waals surface area contributed by atoms with Crippen LogP contribution in [0.15, 0.2) is 223 Å². The third-order valence-corrected chi connectivity index (χ3v) is 15.8. The molecule has 4 nitrogen and oxygen atoms in total. The summed E-state index contributed by atoms with van der Waals surface area (Å²) in [5.41, 5.74) is 0. The second-order valence-electron chi connectivity index (χ2n) is 15.6. The van der Waals surface area contributed by atoms with Crippen LogP contribution < -0.4 is 15.9 Å². The number of alkyl halides is 2. The first-order chi connectivity index (χ1) is 33.2. The fraction of sp³-hybridized carbons (Fsp3) is 0.0175. The van der Waals surface area contributed by atoms with E-state index >= 15 is 4.57 Å². The fourth-order valence-electron chi connectivity index (χ4n) is 9.25. The van der Waals surface area contributed by atoms with Crippen molar-refractivity contribution in [3.63, 3.8) is 0 Å². The maximum atomic E-state index is 15.4. The van der Waals surface area contributed by atoms with Gasteiger partial charge in [-0.15, -0.1) is 23.2 Å². The molecule has 11 heteroatoms. The Labute approximate surface area is 428 Å². The number of benzene rings is 12. The van der Waals surface area contributed by atoms with E-state index in [9.17, 15) is 4.57 Å². The fourth-order valence-corrected chi connectivity index (χ4v) is 12.7. The van der Waals surface area contributed by atoms with E-state index < -0.39 is 12.3 Å². The van der Waals surface area contributed by atoms with Crippen LogP contribution in [0.3, 0.4) is 0 Å². The zero-order chi connectivity index (χ0) is 47.8. The van der Waals surface area contributed by atoms with Crippen LogP contribution in [0.4, 0.5) is 0 Å². The summed E-state index contributed by atoms with van der Waals surface area (Å²) in [6, 6.07) is 76.3. The predicted molar refractivity (Wildman–Crippen MR) is 313 cm³/mol. The summed E-state index contributed by atoms with van der Waals surface area (Å²) in [4.78, 5) is 0. The van der Waals surface area contributed by atoms with E-state index in [0.717, 1.165) is 36.5 Å². The van der Waals surface area contributed by atoms with Crippen LogP contribution in [0.5, 0.6) is 0 Å². The van der Waals surface area contributed by atoms with Gasteiger partial charge in [0, 0.05) is 20.4 Å². The first-order valence-electron chi connectivity index (χ1n) is 21.3. The number of hydrogen-bond acceptors (Lipinski definition) is 4. The molecule has 12 aromatic rings. The van der Waals surface area contributed by atoms with Crippen LogP contribution in [0, 0.1) is 0 Å². The van der Waals surface area contributed by atoms with E-state index in [0.29, 0.717) is 0 Å². The van der Waals surface area contributed by atoms with Crippen molar-refractivity contribution in [3.05, 3.63) is 223 Å². The molecule has 2 N–H and O–H groups in total. The molecule has 336 valence electrons. The molecule has 2 unspecified atom stereocenters. The second kappa shape index (κ2) is 22.7. The zero-order valence-electron chi connectivity index (χ0n) is 36.2. The number of rotatable bonds is 3. The van der Waals surface area contributed by atoms with E-state index in [2.05, 4.69) is 177 Å². The molecular formula is C57H42BrCl2IO4P3+. The van der Waals surface area contributed by atoms with Crippen molar-refractivity contribution in [1.82, 2.24) is 0 Å². The Balaban J connectivity index is 0.000000167. The lowest BCUT2D eigenvalue weighted by molar-refractivity contribution is -0.176. The summed E-state index contributed by atoms with van der Waals surface area (Å²) in [6.45, 7) is 0. The normalized spacial score (nSPS) is 11.3. The highest BCUT2D eigenvalue weighted by atomic mass is 127. The lowest BCUT2D eigenvalue weighted by Crippen LogP contribution is -2.25. The van der Waals surface area contributed by atoms with Crippen molar-refractivity contribution in [2.24, 2.45) is 0 Å². The quantitative estimate of drug-likeness (QED) is 0.0462. The molecular weight excluding hydrogens is 1120 g/mol. The van der Waals surface area contributed by atoms with E-state index in [4.69, 9.17) is 33.7 Å². The molecule has 0 amide bonds. The smallest absolute Gasteiger partial charge is 0.309 e. The highest BCUT2D eigenvalue weighted by Crippen LogP contribution is 2.47. The maximum Gasteiger partial charge on any atom is 0.414 e. The van der Waals surface area contributed by atoms with E-state index in [1.54, 1.807) is 0 Å². The van der Waals surface area contributed by atoms with Gasteiger partial charge in [-0.3, -0.25) is 10.5 Å². The molecule has 0 fully saturated rings. The summed E-state index contributed by atoms with van der Waals surface area (Å²) in [6.07, 6.45) is 0. The molecule has 0 aliphatic rings. The van der Waals surface area contributed by atoms with Crippen molar-refractivity contribution >= 4 is 184 Å². The second-order valence-corrected chi connectivity index (χ2v) is 27.9. The van der Waals surface area contributed by atoms with Crippen molar-refractivity contribution in [3.8, 4) is 0 Å². The van der Waals surface area contributed by atoms with Gasteiger partial charge in [-0.1, -0.05) is 227 Å². The van der Waals surface area contributed by atoms with Gasteiger partial charge in [-0.05, 0) is 98.3 Å². The molecule has 2 atom stereocenters. The van der Waals surface area contributed by atoms with Gasteiger partial charge < -0.3 is 4.57 Å². The highest BCUT2D eigenvalue weighted by molar-refractivity contribution is 14.2. The zero-order valence-corrected chi connectivity index (χ0v) is 44.4. The Morgan fingerprint density at radius 1 is 0.426 bits per heavy atom. The van der Waals surface area contributed by atoms with Crippen LogP contribution in [-0.4, -0.2) is 15.9 Å². The van der Waals surface area contributed by atoms with Gasteiger partial charge in [-0.2, -0.15) is 0 Å². The van der Waals surface area contributed by atoms with Gasteiger partial charge in [0.05, 0.1) is 5.34 Å². The molecule has 0 spiro atoms. The monoisotopic (exact) mass is 1160 g/mol. The minimum absolute atomic E-state index is 0.194. The molecule has 0 aromatic heterocycles. The maximum absolute atomic E-state index is 15.4. The molecule has 0 heterocycles. The number of fused-ring (bicyclic) bond motifs is 14.